The van der Waals surface area contributed by atoms with E-state index in [1.165, 1.54) is 6.07 Å². The predicted octanol–water partition coefficient (Wildman–Crippen LogP) is 3.07. The zero-order valence-electron chi connectivity index (χ0n) is 11.6. The Hall–Kier alpha value is -1.84. The second-order valence-corrected chi connectivity index (χ2v) is 4.62. The van der Waals surface area contributed by atoms with Crippen LogP contribution in [0.25, 0.3) is 0 Å². The zero-order chi connectivity index (χ0) is 14.3. The van der Waals surface area contributed by atoms with Crippen LogP contribution in [0.15, 0.2) is 24.3 Å². The lowest BCUT2D eigenvalue weighted by Gasteiger charge is -2.07. The molecule has 0 aliphatic rings. The molecular formula is C15H20O4. The summed E-state index contributed by atoms with van der Waals surface area (Å²) in [5.41, 5.74) is 0.731. The molecule has 0 saturated carbocycles. The van der Waals surface area contributed by atoms with Gasteiger partial charge in [0.25, 0.3) is 0 Å². The lowest BCUT2D eigenvalue weighted by atomic mass is 10.1. The second kappa shape index (κ2) is 7.56. The maximum absolute atomic E-state index is 11.8. The molecule has 0 aliphatic carbocycles. The third-order valence-corrected chi connectivity index (χ3v) is 2.54. The lowest BCUT2D eigenvalue weighted by Crippen LogP contribution is -2.10. The number of carbonyl (C=O) groups is 2. The van der Waals surface area contributed by atoms with Crippen LogP contribution in [0.4, 0.5) is 0 Å². The summed E-state index contributed by atoms with van der Waals surface area (Å²) >= 11 is 0. The third-order valence-electron chi connectivity index (χ3n) is 2.54. The van der Waals surface area contributed by atoms with E-state index in [0.717, 1.165) is 6.42 Å². The van der Waals surface area contributed by atoms with Gasteiger partial charge in [-0.2, -0.15) is 0 Å². The molecule has 0 bridgehead atoms. The predicted molar refractivity (Wildman–Crippen MR) is 72.1 cm³/mol. The van der Waals surface area contributed by atoms with Crippen molar-refractivity contribution >= 4 is 11.9 Å². The van der Waals surface area contributed by atoms with Crippen molar-refractivity contribution in [3.63, 3.8) is 0 Å². The molecule has 0 aromatic heterocycles. The van der Waals surface area contributed by atoms with Crippen molar-refractivity contribution in [3.05, 3.63) is 35.4 Å². The van der Waals surface area contributed by atoms with Crippen molar-refractivity contribution in [1.82, 2.24) is 0 Å². The van der Waals surface area contributed by atoms with Gasteiger partial charge >= 0.3 is 11.9 Å². The SMILES string of the molecule is CCOC(=O)c1cccc(C(=O)OCCC(C)C)c1. The molecule has 1 aromatic carbocycles. The van der Waals surface area contributed by atoms with Crippen LogP contribution in [0.2, 0.25) is 0 Å². The van der Waals surface area contributed by atoms with E-state index in [1.807, 2.05) is 0 Å². The van der Waals surface area contributed by atoms with Gasteiger partial charge in [-0.25, -0.2) is 9.59 Å². The highest BCUT2D eigenvalue weighted by Gasteiger charge is 2.12. The first-order chi connectivity index (χ1) is 9.04. The van der Waals surface area contributed by atoms with Crippen molar-refractivity contribution in [2.24, 2.45) is 5.92 Å². The smallest absolute Gasteiger partial charge is 0.338 e. The Bertz CT molecular complexity index is 438. The van der Waals surface area contributed by atoms with Gasteiger partial charge in [0, 0.05) is 0 Å². The van der Waals surface area contributed by atoms with Crippen molar-refractivity contribution in [2.75, 3.05) is 13.2 Å². The Morgan fingerprint density at radius 3 is 2.21 bits per heavy atom. The van der Waals surface area contributed by atoms with Crippen molar-refractivity contribution in [2.45, 2.75) is 27.2 Å². The summed E-state index contributed by atoms with van der Waals surface area (Å²) in [6.07, 6.45) is 0.823. The summed E-state index contributed by atoms with van der Waals surface area (Å²) in [6, 6.07) is 6.38. The molecule has 0 N–H and O–H groups in total. The summed E-state index contributed by atoms with van der Waals surface area (Å²) in [4.78, 5) is 23.3. The Balaban J connectivity index is 2.65. The highest BCUT2D eigenvalue weighted by Crippen LogP contribution is 2.09. The third kappa shape index (κ3) is 5.12. The van der Waals surface area contributed by atoms with E-state index in [1.54, 1.807) is 25.1 Å². The van der Waals surface area contributed by atoms with Gasteiger partial charge in [-0.05, 0) is 37.5 Å². The molecule has 0 aliphatic heterocycles. The maximum Gasteiger partial charge on any atom is 0.338 e. The maximum atomic E-state index is 11.8. The van der Waals surface area contributed by atoms with Gasteiger partial charge in [0.2, 0.25) is 0 Å². The van der Waals surface area contributed by atoms with Crippen LogP contribution in [0.5, 0.6) is 0 Å². The molecule has 4 heteroatoms. The summed E-state index contributed by atoms with van der Waals surface area (Å²) in [6.45, 7) is 6.56. The van der Waals surface area contributed by atoms with Crippen LogP contribution >= 0.6 is 0 Å². The Labute approximate surface area is 113 Å². The van der Waals surface area contributed by atoms with Crippen molar-refractivity contribution in [1.29, 1.82) is 0 Å². The normalized spacial score (nSPS) is 10.3. The molecule has 0 amide bonds. The van der Waals surface area contributed by atoms with E-state index in [0.29, 0.717) is 30.3 Å². The van der Waals surface area contributed by atoms with E-state index in [2.05, 4.69) is 13.8 Å². The topological polar surface area (TPSA) is 52.6 Å². The first-order valence-electron chi connectivity index (χ1n) is 6.49. The Morgan fingerprint density at radius 2 is 1.68 bits per heavy atom. The van der Waals surface area contributed by atoms with Gasteiger partial charge in [-0.15, -0.1) is 0 Å². The van der Waals surface area contributed by atoms with Crippen LogP contribution < -0.4 is 0 Å². The van der Waals surface area contributed by atoms with Gasteiger partial charge in [-0.3, -0.25) is 0 Å². The average Bonchev–Trinajstić information content (AvgIpc) is 2.38. The fraction of sp³-hybridized carbons (Fsp3) is 0.467. The van der Waals surface area contributed by atoms with Gasteiger partial charge < -0.3 is 9.47 Å². The van der Waals surface area contributed by atoms with E-state index < -0.39 is 11.9 Å². The number of hydrogen-bond donors (Lipinski definition) is 0. The average molecular weight is 264 g/mol. The first kappa shape index (κ1) is 15.2. The number of hydrogen-bond acceptors (Lipinski definition) is 4. The monoisotopic (exact) mass is 264 g/mol. The Kier molecular flexibility index (Phi) is 6.06. The minimum Gasteiger partial charge on any atom is -0.462 e. The summed E-state index contributed by atoms with van der Waals surface area (Å²) < 4.78 is 10.0. The van der Waals surface area contributed by atoms with Gasteiger partial charge in [0.1, 0.15) is 0 Å². The molecule has 0 saturated heterocycles. The fourth-order valence-corrected chi connectivity index (χ4v) is 1.46. The standard InChI is InChI=1S/C15H20O4/c1-4-18-14(16)12-6-5-7-13(10-12)15(17)19-9-8-11(2)3/h5-7,10-11H,4,8-9H2,1-3H3. The molecule has 104 valence electrons. The second-order valence-electron chi connectivity index (χ2n) is 4.62. The summed E-state index contributed by atoms with van der Waals surface area (Å²) in [7, 11) is 0. The van der Waals surface area contributed by atoms with Crippen LogP contribution in [0.1, 0.15) is 47.9 Å². The van der Waals surface area contributed by atoms with Crippen molar-refractivity contribution < 1.29 is 19.1 Å². The van der Waals surface area contributed by atoms with E-state index in [9.17, 15) is 9.59 Å². The summed E-state index contributed by atoms with van der Waals surface area (Å²) in [5.74, 6) is -0.357. The quantitative estimate of drug-likeness (QED) is 0.741. The molecule has 4 nitrogen and oxygen atoms in total. The molecule has 0 spiro atoms. The van der Waals surface area contributed by atoms with Gasteiger partial charge in [0.15, 0.2) is 0 Å². The van der Waals surface area contributed by atoms with Crippen molar-refractivity contribution in [3.8, 4) is 0 Å². The highest BCUT2D eigenvalue weighted by molar-refractivity contribution is 5.95. The largest absolute Gasteiger partial charge is 0.462 e. The molecule has 0 unspecified atom stereocenters. The minimum atomic E-state index is -0.431. The molecule has 1 rings (SSSR count). The number of ether oxygens (including phenoxy) is 2. The highest BCUT2D eigenvalue weighted by atomic mass is 16.5. The lowest BCUT2D eigenvalue weighted by molar-refractivity contribution is 0.0488. The number of carbonyl (C=O) groups excluding carboxylic acids is 2. The molecule has 1 aromatic rings. The molecule has 0 radical (unpaired) electrons. The number of esters is 2. The molecule has 0 atom stereocenters. The van der Waals surface area contributed by atoms with Gasteiger partial charge in [0.05, 0.1) is 24.3 Å². The van der Waals surface area contributed by atoms with E-state index in [4.69, 9.17) is 9.47 Å². The van der Waals surface area contributed by atoms with Crippen LogP contribution in [-0.2, 0) is 9.47 Å². The summed E-state index contributed by atoms with van der Waals surface area (Å²) in [5, 5.41) is 0. The van der Waals surface area contributed by atoms with E-state index >= 15 is 0 Å². The molecule has 0 heterocycles. The number of rotatable bonds is 6. The van der Waals surface area contributed by atoms with Gasteiger partial charge in [-0.1, -0.05) is 19.9 Å². The molecule has 19 heavy (non-hydrogen) atoms. The fourth-order valence-electron chi connectivity index (χ4n) is 1.46. The van der Waals surface area contributed by atoms with Crippen LogP contribution in [0.3, 0.4) is 0 Å². The van der Waals surface area contributed by atoms with E-state index in [-0.39, 0.29) is 0 Å². The molecular weight excluding hydrogens is 244 g/mol. The van der Waals surface area contributed by atoms with Crippen LogP contribution in [0, 0.1) is 5.92 Å². The first-order valence-corrected chi connectivity index (χ1v) is 6.49. The minimum absolute atomic E-state index is 0.307. The Morgan fingerprint density at radius 1 is 1.11 bits per heavy atom. The van der Waals surface area contributed by atoms with Crippen LogP contribution in [-0.4, -0.2) is 25.2 Å². The zero-order valence-corrected chi connectivity index (χ0v) is 11.6. The molecule has 0 fully saturated rings. The number of benzene rings is 1.